The molecule has 2 rings (SSSR count). The lowest BCUT2D eigenvalue weighted by Gasteiger charge is -2.37. The third-order valence-electron chi connectivity index (χ3n) is 4.08. The molecule has 0 spiro atoms. The molecule has 1 fully saturated rings. The second-order valence-electron chi connectivity index (χ2n) is 5.59. The highest BCUT2D eigenvalue weighted by Gasteiger charge is 2.46. The van der Waals surface area contributed by atoms with Gasteiger partial charge >= 0.3 is 6.18 Å². The molecular weight excluding hydrogens is 307 g/mol. The van der Waals surface area contributed by atoms with E-state index in [0.717, 1.165) is 10.5 Å². The van der Waals surface area contributed by atoms with Gasteiger partial charge in [-0.3, -0.25) is 4.79 Å². The third-order valence-corrected chi connectivity index (χ3v) is 4.08. The van der Waals surface area contributed by atoms with Crippen molar-refractivity contribution in [2.24, 2.45) is 0 Å². The lowest BCUT2D eigenvalue weighted by Crippen LogP contribution is -2.51. The van der Waals surface area contributed by atoms with Crippen LogP contribution in [0, 0.1) is 0 Å². The highest BCUT2D eigenvalue weighted by molar-refractivity contribution is 5.80. The van der Waals surface area contributed by atoms with Crippen molar-refractivity contribution in [3.63, 3.8) is 0 Å². The Kier molecular flexibility index (Phi) is 5.34. The zero-order chi connectivity index (χ0) is 17.0. The molecule has 0 bridgehead atoms. The van der Waals surface area contributed by atoms with E-state index in [4.69, 9.17) is 4.74 Å². The third kappa shape index (κ3) is 4.06. The predicted molar refractivity (Wildman–Crippen MR) is 82.2 cm³/mol. The van der Waals surface area contributed by atoms with Crippen molar-refractivity contribution in [1.29, 1.82) is 0 Å². The lowest BCUT2D eigenvalue weighted by molar-refractivity contribution is -0.195. The minimum absolute atomic E-state index is 0.0287. The van der Waals surface area contributed by atoms with Gasteiger partial charge in [-0.2, -0.15) is 13.2 Å². The predicted octanol–water partition coefficient (Wildman–Crippen LogP) is 3.82. The molecule has 1 heterocycles. The molecule has 0 aromatic heterocycles. The van der Waals surface area contributed by atoms with Crippen LogP contribution in [0.2, 0.25) is 0 Å². The number of benzene rings is 1. The molecule has 1 atom stereocenters. The van der Waals surface area contributed by atoms with Crippen LogP contribution < -0.4 is 4.74 Å². The summed E-state index contributed by atoms with van der Waals surface area (Å²) >= 11 is 0. The number of hydrogen-bond donors (Lipinski definition) is 0. The van der Waals surface area contributed by atoms with Gasteiger partial charge < -0.3 is 9.64 Å². The number of amides is 1. The highest BCUT2D eigenvalue weighted by atomic mass is 19.4. The van der Waals surface area contributed by atoms with Crippen molar-refractivity contribution < 1.29 is 22.7 Å². The maximum Gasteiger partial charge on any atom is 0.408 e. The zero-order valence-electron chi connectivity index (χ0n) is 13.0. The normalized spacial score (nSPS) is 18.6. The molecule has 3 nitrogen and oxygen atoms in total. The van der Waals surface area contributed by atoms with Crippen LogP contribution >= 0.6 is 0 Å². The number of nitrogens with zero attached hydrogens (tertiary/aromatic N) is 1. The van der Waals surface area contributed by atoms with E-state index in [1.165, 1.54) is 7.11 Å². The van der Waals surface area contributed by atoms with Crippen molar-refractivity contribution >= 4 is 12.0 Å². The van der Waals surface area contributed by atoms with Crippen LogP contribution in [-0.4, -0.2) is 36.7 Å². The molecule has 126 valence electrons. The average Bonchev–Trinajstić information content (AvgIpc) is 2.54. The van der Waals surface area contributed by atoms with Crippen molar-refractivity contribution in [3.05, 3.63) is 35.9 Å². The van der Waals surface area contributed by atoms with Gasteiger partial charge in [-0.15, -0.1) is 0 Å². The zero-order valence-corrected chi connectivity index (χ0v) is 13.0. The smallest absolute Gasteiger partial charge is 0.408 e. The quantitative estimate of drug-likeness (QED) is 0.841. The Balaban J connectivity index is 2.22. The number of halogens is 3. The van der Waals surface area contributed by atoms with E-state index in [1.807, 2.05) is 0 Å². The number of carbonyl (C=O) groups is 1. The van der Waals surface area contributed by atoms with E-state index < -0.39 is 18.1 Å². The summed E-state index contributed by atoms with van der Waals surface area (Å²) in [5.41, 5.74) is 1.36. The molecule has 1 unspecified atom stereocenters. The fourth-order valence-corrected chi connectivity index (χ4v) is 2.90. The van der Waals surface area contributed by atoms with Crippen molar-refractivity contribution in [3.8, 4) is 5.75 Å². The molecule has 23 heavy (non-hydrogen) atoms. The first kappa shape index (κ1) is 17.4. The number of carbonyl (C=O) groups excluding carboxylic acids is 1. The number of methoxy groups -OCH3 is 1. The van der Waals surface area contributed by atoms with Gasteiger partial charge in [0.2, 0.25) is 5.91 Å². The summed E-state index contributed by atoms with van der Waals surface area (Å²) in [6.07, 6.45) is -1.82. The van der Waals surface area contributed by atoms with Crippen LogP contribution in [0.1, 0.15) is 30.4 Å². The summed E-state index contributed by atoms with van der Waals surface area (Å²) in [5, 5.41) is 0. The van der Waals surface area contributed by atoms with Crippen LogP contribution in [0.4, 0.5) is 13.2 Å². The Morgan fingerprint density at radius 2 is 2.17 bits per heavy atom. The van der Waals surface area contributed by atoms with Gasteiger partial charge in [0.25, 0.3) is 0 Å². The molecule has 0 N–H and O–H groups in total. The summed E-state index contributed by atoms with van der Waals surface area (Å²) in [5.74, 6) is -0.0314. The Morgan fingerprint density at radius 1 is 1.43 bits per heavy atom. The van der Waals surface area contributed by atoms with Crippen molar-refractivity contribution in [1.82, 2.24) is 4.90 Å². The van der Waals surface area contributed by atoms with Gasteiger partial charge in [0.1, 0.15) is 11.8 Å². The molecule has 0 saturated carbocycles. The number of alkyl halides is 3. The lowest BCUT2D eigenvalue weighted by atomic mass is 9.99. The average molecular weight is 327 g/mol. The summed E-state index contributed by atoms with van der Waals surface area (Å²) in [6, 6.07) is 3.50. The highest BCUT2D eigenvalue weighted by Crippen LogP contribution is 2.32. The van der Waals surface area contributed by atoms with E-state index in [2.05, 4.69) is 6.58 Å². The topological polar surface area (TPSA) is 29.5 Å². The Bertz CT molecular complexity index is 584. The van der Waals surface area contributed by atoms with Gasteiger partial charge in [-0.25, -0.2) is 0 Å². The molecule has 1 aromatic carbocycles. The van der Waals surface area contributed by atoms with Crippen LogP contribution in [0.5, 0.6) is 5.75 Å². The second-order valence-corrected chi connectivity index (χ2v) is 5.59. The number of rotatable bonds is 4. The fourth-order valence-electron chi connectivity index (χ4n) is 2.90. The molecule has 1 amide bonds. The maximum absolute atomic E-state index is 13.1. The fraction of sp³-hybridized carbons (Fsp3) is 0.471. The summed E-state index contributed by atoms with van der Waals surface area (Å²) in [6.45, 7) is 3.80. The number of ether oxygens (including phenoxy) is 1. The first-order chi connectivity index (χ1) is 10.9. The summed E-state index contributed by atoms with van der Waals surface area (Å²) in [7, 11) is 1.47. The van der Waals surface area contributed by atoms with E-state index in [1.54, 1.807) is 24.3 Å². The number of likely N-dealkylation sites (tertiary alicyclic amines) is 1. The minimum atomic E-state index is -4.39. The van der Waals surface area contributed by atoms with E-state index in [-0.39, 0.29) is 19.4 Å². The van der Waals surface area contributed by atoms with Gasteiger partial charge in [0, 0.05) is 12.1 Å². The molecule has 1 saturated heterocycles. The van der Waals surface area contributed by atoms with Gasteiger partial charge in [0.05, 0.1) is 13.5 Å². The minimum Gasteiger partial charge on any atom is -0.496 e. The maximum atomic E-state index is 13.1. The molecule has 1 aliphatic rings. The van der Waals surface area contributed by atoms with Crippen LogP contribution in [-0.2, 0) is 11.2 Å². The molecule has 1 aromatic rings. The number of hydrogen-bond acceptors (Lipinski definition) is 2. The molecule has 0 radical (unpaired) electrons. The largest absolute Gasteiger partial charge is 0.496 e. The monoisotopic (exact) mass is 327 g/mol. The standard InChI is InChI=1S/C17H20F3NO2/c1-3-12-7-8-14(23-2)13(10-12)11-16(22)21-9-5-4-6-15(21)17(18,19)20/h3,7-8,10,15H,1,4-6,9,11H2,2H3. The van der Waals surface area contributed by atoms with Crippen LogP contribution in [0.25, 0.3) is 6.08 Å². The Labute approximate surface area is 133 Å². The molecule has 6 heteroatoms. The Hall–Kier alpha value is -1.98. The molecule has 1 aliphatic heterocycles. The van der Waals surface area contributed by atoms with E-state index in [9.17, 15) is 18.0 Å². The first-order valence-corrected chi connectivity index (χ1v) is 7.52. The van der Waals surface area contributed by atoms with Crippen molar-refractivity contribution in [2.45, 2.75) is 37.9 Å². The van der Waals surface area contributed by atoms with E-state index in [0.29, 0.717) is 24.2 Å². The van der Waals surface area contributed by atoms with Crippen LogP contribution in [0.15, 0.2) is 24.8 Å². The second kappa shape index (κ2) is 7.06. The first-order valence-electron chi connectivity index (χ1n) is 7.52. The summed E-state index contributed by atoms with van der Waals surface area (Å²) in [4.78, 5) is 13.4. The van der Waals surface area contributed by atoms with Gasteiger partial charge in [-0.1, -0.05) is 18.7 Å². The van der Waals surface area contributed by atoms with Crippen molar-refractivity contribution in [2.75, 3.05) is 13.7 Å². The molecule has 0 aliphatic carbocycles. The van der Waals surface area contributed by atoms with Gasteiger partial charge in [-0.05, 0) is 37.0 Å². The van der Waals surface area contributed by atoms with E-state index >= 15 is 0 Å². The molecular formula is C17H20F3NO2. The SMILES string of the molecule is C=Cc1ccc(OC)c(CC(=O)N2CCCCC2C(F)(F)F)c1. The van der Waals surface area contributed by atoms with Crippen LogP contribution in [0.3, 0.4) is 0 Å². The summed E-state index contributed by atoms with van der Waals surface area (Å²) < 4.78 is 44.6. The van der Waals surface area contributed by atoms with Gasteiger partial charge in [0.15, 0.2) is 0 Å². The number of piperidine rings is 1. The Morgan fingerprint density at radius 3 is 2.78 bits per heavy atom.